The van der Waals surface area contributed by atoms with Crippen molar-refractivity contribution in [1.82, 2.24) is 20.4 Å². The molecule has 0 radical (unpaired) electrons. The molecule has 1 atom stereocenters. The molecule has 1 unspecified atom stereocenters. The fourth-order valence-electron chi connectivity index (χ4n) is 3.75. The maximum Gasteiger partial charge on any atom is 0.317 e. The summed E-state index contributed by atoms with van der Waals surface area (Å²) in [7, 11) is 1.66. The minimum absolute atomic E-state index is 0.0166. The van der Waals surface area contributed by atoms with Crippen LogP contribution in [-0.2, 0) is 0 Å². The molecule has 2 fully saturated rings. The summed E-state index contributed by atoms with van der Waals surface area (Å²) < 4.78 is 10.5. The van der Waals surface area contributed by atoms with Crippen LogP contribution >= 0.6 is 0 Å². The van der Waals surface area contributed by atoms with Gasteiger partial charge in [-0.3, -0.25) is 0 Å². The molecule has 2 amide bonds. The minimum Gasteiger partial charge on any atom is -0.497 e. The predicted molar refractivity (Wildman–Crippen MR) is 99.6 cm³/mol. The normalized spacial score (nSPS) is 19.0. The van der Waals surface area contributed by atoms with Crippen molar-refractivity contribution in [3.63, 3.8) is 0 Å². The van der Waals surface area contributed by atoms with Crippen LogP contribution in [0.3, 0.4) is 0 Å². The monoisotopic (exact) mass is 370 g/mol. The number of benzene rings is 1. The molecule has 7 nitrogen and oxygen atoms in total. The maximum atomic E-state index is 12.8. The van der Waals surface area contributed by atoms with Crippen LogP contribution in [0.5, 0.6) is 5.75 Å². The van der Waals surface area contributed by atoms with Gasteiger partial charge in [-0.1, -0.05) is 17.3 Å². The van der Waals surface area contributed by atoms with Gasteiger partial charge in [-0.25, -0.2) is 4.79 Å². The Kier molecular flexibility index (Phi) is 5.01. The number of urea groups is 1. The van der Waals surface area contributed by atoms with E-state index in [1.54, 1.807) is 7.11 Å². The molecular weight excluding hydrogens is 344 g/mol. The summed E-state index contributed by atoms with van der Waals surface area (Å²) in [6.45, 7) is 3.24. The summed E-state index contributed by atoms with van der Waals surface area (Å²) in [6.07, 6.45) is 4.03. The average Bonchev–Trinajstić information content (AvgIpc) is 3.46. The van der Waals surface area contributed by atoms with Crippen molar-refractivity contribution in [2.45, 2.75) is 44.6 Å². The lowest BCUT2D eigenvalue weighted by atomic mass is 9.97. The number of piperidine rings is 1. The number of methoxy groups -OCH3 is 1. The molecule has 144 valence electrons. The number of aromatic nitrogens is 2. The maximum absolute atomic E-state index is 12.8. The fraction of sp³-hybridized carbons (Fsp3) is 0.550. The molecule has 2 aliphatic rings. The Labute approximate surface area is 159 Å². The van der Waals surface area contributed by atoms with Crippen LogP contribution in [0.4, 0.5) is 4.79 Å². The van der Waals surface area contributed by atoms with Crippen molar-refractivity contribution in [3.8, 4) is 5.75 Å². The molecule has 1 N–H and O–H groups in total. The topological polar surface area (TPSA) is 80.5 Å². The molecule has 2 heterocycles. The number of rotatable bonds is 5. The Hall–Kier alpha value is -2.57. The van der Waals surface area contributed by atoms with Crippen LogP contribution < -0.4 is 10.1 Å². The molecule has 1 saturated heterocycles. The van der Waals surface area contributed by atoms with Crippen LogP contribution in [0.1, 0.15) is 54.9 Å². The van der Waals surface area contributed by atoms with Gasteiger partial charge in [0.05, 0.1) is 13.2 Å². The second kappa shape index (κ2) is 7.58. The van der Waals surface area contributed by atoms with E-state index in [4.69, 9.17) is 9.26 Å². The van der Waals surface area contributed by atoms with Gasteiger partial charge in [0.2, 0.25) is 5.89 Å². The number of carbonyl (C=O) groups excluding carboxylic acids is 1. The first-order valence-corrected chi connectivity index (χ1v) is 9.63. The molecule has 1 aromatic carbocycles. The zero-order valence-electron chi connectivity index (χ0n) is 15.9. The molecule has 1 aliphatic heterocycles. The van der Waals surface area contributed by atoms with Crippen molar-refractivity contribution in [2.75, 3.05) is 20.2 Å². The number of carbonyl (C=O) groups is 1. The van der Waals surface area contributed by atoms with E-state index in [2.05, 4.69) is 15.5 Å². The lowest BCUT2D eigenvalue weighted by Crippen LogP contribution is -2.45. The number of ether oxygens (including phenoxy) is 1. The lowest BCUT2D eigenvalue weighted by Gasteiger charge is -2.32. The number of hydrogen-bond donors (Lipinski definition) is 1. The molecule has 0 bridgehead atoms. The van der Waals surface area contributed by atoms with Gasteiger partial charge in [0.25, 0.3) is 0 Å². The van der Waals surface area contributed by atoms with E-state index >= 15 is 0 Å². The summed E-state index contributed by atoms with van der Waals surface area (Å²) in [5, 5.41) is 7.13. The highest BCUT2D eigenvalue weighted by Crippen LogP contribution is 2.41. The lowest BCUT2D eigenvalue weighted by molar-refractivity contribution is 0.170. The molecule has 2 aromatic rings. The van der Waals surface area contributed by atoms with E-state index in [0.717, 1.165) is 37.0 Å². The molecule has 1 aromatic heterocycles. The Morgan fingerprint density at radius 1 is 1.22 bits per heavy atom. The zero-order chi connectivity index (χ0) is 18.8. The Balaban J connectivity index is 1.36. The Morgan fingerprint density at radius 2 is 1.93 bits per heavy atom. The molecule has 1 saturated carbocycles. The van der Waals surface area contributed by atoms with Gasteiger partial charge in [0.15, 0.2) is 5.82 Å². The first-order valence-electron chi connectivity index (χ1n) is 9.63. The zero-order valence-corrected chi connectivity index (χ0v) is 15.9. The predicted octanol–water partition coefficient (Wildman–Crippen LogP) is 3.43. The van der Waals surface area contributed by atoms with Gasteiger partial charge in [-0.2, -0.15) is 4.98 Å². The number of hydrogen-bond acceptors (Lipinski definition) is 5. The van der Waals surface area contributed by atoms with E-state index in [-0.39, 0.29) is 18.0 Å². The molecule has 1 aliphatic carbocycles. The highest BCUT2D eigenvalue weighted by molar-refractivity contribution is 5.75. The van der Waals surface area contributed by atoms with E-state index in [1.165, 1.54) is 0 Å². The van der Waals surface area contributed by atoms with Crippen molar-refractivity contribution in [3.05, 3.63) is 41.5 Å². The highest BCUT2D eigenvalue weighted by Gasteiger charge is 2.35. The number of amides is 2. The van der Waals surface area contributed by atoms with Crippen LogP contribution in [0.25, 0.3) is 0 Å². The first-order chi connectivity index (χ1) is 13.1. The highest BCUT2D eigenvalue weighted by atomic mass is 16.5. The average molecular weight is 370 g/mol. The van der Waals surface area contributed by atoms with E-state index in [1.807, 2.05) is 36.1 Å². The Morgan fingerprint density at radius 3 is 2.48 bits per heavy atom. The van der Waals surface area contributed by atoms with Crippen LogP contribution in [0.2, 0.25) is 0 Å². The molecule has 27 heavy (non-hydrogen) atoms. The largest absolute Gasteiger partial charge is 0.497 e. The van der Waals surface area contributed by atoms with Gasteiger partial charge in [0, 0.05) is 19.0 Å². The summed E-state index contributed by atoms with van der Waals surface area (Å²) in [4.78, 5) is 19.1. The van der Waals surface area contributed by atoms with E-state index in [0.29, 0.717) is 30.7 Å². The number of nitrogens with zero attached hydrogens (tertiary/aromatic N) is 3. The van der Waals surface area contributed by atoms with Crippen molar-refractivity contribution < 1.29 is 14.1 Å². The van der Waals surface area contributed by atoms with Gasteiger partial charge < -0.3 is 19.5 Å². The van der Waals surface area contributed by atoms with Gasteiger partial charge >= 0.3 is 6.03 Å². The van der Waals surface area contributed by atoms with Crippen LogP contribution in [0.15, 0.2) is 28.8 Å². The molecular formula is C20H26N4O3. The minimum atomic E-state index is 0.0166. The third kappa shape index (κ3) is 4.07. The van der Waals surface area contributed by atoms with Crippen molar-refractivity contribution in [2.24, 2.45) is 5.92 Å². The smallest absolute Gasteiger partial charge is 0.317 e. The summed E-state index contributed by atoms with van der Waals surface area (Å²) in [5.41, 5.74) is 1.14. The number of nitrogens with one attached hydrogen (secondary N) is 1. The second-order valence-corrected chi connectivity index (χ2v) is 7.48. The van der Waals surface area contributed by atoms with Gasteiger partial charge in [0.1, 0.15) is 5.75 Å². The van der Waals surface area contributed by atoms with Gasteiger partial charge in [-0.15, -0.1) is 0 Å². The van der Waals surface area contributed by atoms with Crippen molar-refractivity contribution >= 4 is 6.03 Å². The summed E-state index contributed by atoms with van der Waals surface area (Å²) in [5.74, 6) is 2.97. The second-order valence-electron chi connectivity index (χ2n) is 7.48. The third-order valence-electron chi connectivity index (χ3n) is 5.52. The van der Waals surface area contributed by atoms with E-state index < -0.39 is 0 Å². The standard InChI is InChI=1S/C20H26N4O3/c1-13-21-19(27-23-13)16-9-11-24(12-10-16)20(25)22-18(14-3-4-14)15-5-7-17(26-2)8-6-15/h5-8,14,16,18H,3-4,9-12H2,1-2H3,(H,22,25). The quantitative estimate of drug-likeness (QED) is 0.872. The summed E-state index contributed by atoms with van der Waals surface area (Å²) >= 11 is 0. The molecule has 4 rings (SSSR count). The van der Waals surface area contributed by atoms with Crippen molar-refractivity contribution in [1.29, 1.82) is 0 Å². The SMILES string of the molecule is COc1ccc(C(NC(=O)N2CCC(c3nc(C)no3)CC2)C2CC2)cc1. The van der Waals surface area contributed by atoms with Crippen LogP contribution in [0, 0.1) is 12.8 Å². The molecule has 0 spiro atoms. The van der Waals surface area contributed by atoms with E-state index in [9.17, 15) is 4.79 Å². The number of aryl methyl sites for hydroxylation is 1. The van der Waals surface area contributed by atoms with Gasteiger partial charge in [-0.05, 0) is 56.2 Å². The van der Waals surface area contributed by atoms with Crippen LogP contribution in [-0.4, -0.2) is 41.3 Å². The number of likely N-dealkylation sites (tertiary alicyclic amines) is 1. The Bertz CT molecular complexity index is 777. The first kappa shape index (κ1) is 17.8. The third-order valence-corrected chi connectivity index (χ3v) is 5.52. The molecule has 7 heteroatoms. The fourth-order valence-corrected chi connectivity index (χ4v) is 3.75. The summed E-state index contributed by atoms with van der Waals surface area (Å²) in [6, 6.07) is 8.09.